The van der Waals surface area contributed by atoms with Crippen molar-refractivity contribution in [3.8, 4) is 17.2 Å². The number of hydrogen-bond donors (Lipinski definition) is 1. The maximum atomic E-state index is 11.5. The van der Waals surface area contributed by atoms with Gasteiger partial charge in [0.2, 0.25) is 0 Å². The van der Waals surface area contributed by atoms with Crippen LogP contribution < -0.4 is 4.74 Å². The number of halogens is 2. The van der Waals surface area contributed by atoms with Crippen molar-refractivity contribution < 1.29 is 30.7 Å². The van der Waals surface area contributed by atoms with Crippen LogP contribution in [-0.4, -0.2) is 17.4 Å². The number of rotatable bonds is 5. The van der Waals surface area contributed by atoms with Gasteiger partial charge in [-0.1, -0.05) is 37.5 Å². The molecule has 1 N–H and O–H groups in total. The summed E-state index contributed by atoms with van der Waals surface area (Å²) in [5.41, 5.74) is 2.06. The van der Waals surface area contributed by atoms with Crippen LogP contribution in [0, 0.1) is 17.8 Å². The zero-order valence-electron chi connectivity index (χ0n) is 20.3. The number of ether oxygens (including phenoxy) is 1. The van der Waals surface area contributed by atoms with Crippen LogP contribution in [0.15, 0.2) is 47.5 Å². The predicted molar refractivity (Wildman–Crippen MR) is 141 cm³/mol. The van der Waals surface area contributed by atoms with Crippen LogP contribution in [0.2, 0.25) is 0 Å². The third-order valence-corrected chi connectivity index (χ3v) is 8.70. The first-order valence-corrected chi connectivity index (χ1v) is 19.5. The zero-order chi connectivity index (χ0) is 24.3. The van der Waals surface area contributed by atoms with E-state index in [4.69, 9.17) is 26.8 Å². The Bertz CT molecular complexity index is 988. The molecule has 4 bridgehead atoms. The second kappa shape index (κ2) is 11.7. The molecule has 2 aromatic carbocycles. The Balaban J connectivity index is 0.000000806. The van der Waals surface area contributed by atoms with Crippen LogP contribution in [0.25, 0.3) is 0 Å². The quantitative estimate of drug-likeness (QED) is 0.353. The summed E-state index contributed by atoms with van der Waals surface area (Å²) in [6.45, 7) is 0. The normalized spacial score (nSPS) is 29.6. The average molecular weight is 592 g/mol. The summed E-state index contributed by atoms with van der Waals surface area (Å²) in [7, 11) is 9.87. The van der Waals surface area contributed by atoms with Crippen LogP contribution in [0.1, 0.15) is 81.8 Å². The van der Waals surface area contributed by atoms with E-state index in [0.717, 1.165) is 40.4 Å². The van der Waals surface area contributed by atoms with E-state index in [1.54, 1.807) is 0 Å². The number of nitrogens with zero attached hydrogens (tertiary/aromatic N) is 1. The number of aromatic hydroxyl groups is 1. The Labute approximate surface area is 228 Å². The average Bonchev–Trinajstić information content (AvgIpc) is 2.85. The van der Waals surface area contributed by atoms with E-state index in [9.17, 15) is 5.11 Å². The molecule has 0 unspecified atom stereocenters. The molecule has 0 atom stereocenters. The molecule has 5 aliphatic carbocycles. The maximum absolute atomic E-state index is 11.5. The van der Waals surface area contributed by atoms with Gasteiger partial charge in [-0.15, -0.1) is 0 Å². The van der Waals surface area contributed by atoms with Crippen LogP contribution in [0.5, 0.6) is 17.2 Å². The first kappa shape index (κ1) is 25.8. The van der Waals surface area contributed by atoms with Crippen LogP contribution in [0.4, 0.5) is 0 Å². The molecule has 6 heteroatoms. The minimum absolute atomic E-state index is 0.113. The van der Waals surface area contributed by atoms with Crippen molar-refractivity contribution in [3.63, 3.8) is 0 Å². The molecule has 7 rings (SSSR count). The van der Waals surface area contributed by atoms with Crippen molar-refractivity contribution >= 4 is 23.2 Å². The molecule has 3 nitrogen and oxygen atoms in total. The SMILES string of the molecule is Oc1c(C=NC2CCCCC2)cc(Oc2ccccc2)cc1C12CC3CC(CC(C3)C1)C2.[Cl][Zr][Cl]. The van der Waals surface area contributed by atoms with Crippen LogP contribution in [0.3, 0.4) is 0 Å². The molecule has 0 aliphatic heterocycles. The Morgan fingerprint density at radius 2 is 1.49 bits per heavy atom. The Morgan fingerprint density at radius 1 is 0.886 bits per heavy atom. The number of hydrogen-bond acceptors (Lipinski definition) is 3. The molecule has 0 aromatic heterocycles. The summed E-state index contributed by atoms with van der Waals surface area (Å²) < 4.78 is 6.30. The topological polar surface area (TPSA) is 41.8 Å². The van der Waals surface area contributed by atoms with Gasteiger partial charge in [0.25, 0.3) is 0 Å². The summed E-state index contributed by atoms with van der Waals surface area (Å²) >= 11 is -0.826. The number of para-hydroxylation sites is 1. The van der Waals surface area contributed by atoms with Crippen molar-refractivity contribution in [1.29, 1.82) is 0 Å². The van der Waals surface area contributed by atoms with E-state index in [1.165, 1.54) is 70.6 Å². The molecule has 0 heterocycles. The Morgan fingerprint density at radius 3 is 2.09 bits per heavy atom. The van der Waals surface area contributed by atoms with E-state index < -0.39 is 20.8 Å². The molecule has 186 valence electrons. The van der Waals surface area contributed by atoms with Crippen molar-refractivity contribution in [2.45, 2.75) is 82.1 Å². The summed E-state index contributed by atoms with van der Waals surface area (Å²) in [6.07, 6.45) is 16.0. The van der Waals surface area contributed by atoms with Crippen LogP contribution in [-0.2, 0) is 26.3 Å². The van der Waals surface area contributed by atoms with Crippen LogP contribution >= 0.6 is 17.0 Å². The van der Waals surface area contributed by atoms with Gasteiger partial charge in [0.05, 0.1) is 0 Å². The second-order valence-electron chi connectivity index (χ2n) is 11.2. The molecule has 5 saturated carbocycles. The summed E-state index contributed by atoms with van der Waals surface area (Å²) in [5, 5.41) is 11.5. The van der Waals surface area contributed by atoms with E-state index in [0.29, 0.717) is 11.8 Å². The predicted octanol–water partition coefficient (Wildman–Crippen LogP) is 8.78. The number of phenolic OH excluding ortho intramolecular Hbond substituents is 1. The van der Waals surface area contributed by atoms with Crippen molar-refractivity contribution in [3.05, 3.63) is 53.6 Å². The molecule has 5 aliphatic rings. The number of benzene rings is 2. The van der Waals surface area contributed by atoms with Gasteiger partial charge in [-0.2, -0.15) is 0 Å². The number of phenols is 1. The van der Waals surface area contributed by atoms with E-state index >= 15 is 0 Å². The van der Waals surface area contributed by atoms with E-state index in [2.05, 4.69) is 6.07 Å². The van der Waals surface area contributed by atoms with Gasteiger partial charge in [-0.25, -0.2) is 0 Å². The summed E-state index contributed by atoms with van der Waals surface area (Å²) in [4.78, 5) is 4.91. The number of aliphatic imine (C=N–C) groups is 1. The molecule has 0 spiro atoms. The molecule has 0 radical (unpaired) electrons. The van der Waals surface area contributed by atoms with Gasteiger partial charge < -0.3 is 9.84 Å². The second-order valence-corrected chi connectivity index (χ2v) is 14.9. The standard InChI is InChI=1S/C29H35NO2.2ClH.Zr/c31-28-23(19-30-24-7-3-1-4-8-24)14-26(32-25-9-5-2-6-10-25)15-27(28)29-16-20-11-21(17-29)13-22(12-20)18-29;;;/h2,5-6,9-10,14-15,19-22,24,31H,1,3-4,7-8,11-13,16-18H2;2*1H;/q;;;+2/p-2. The van der Waals surface area contributed by atoms with Gasteiger partial charge in [0, 0.05) is 23.4 Å². The van der Waals surface area contributed by atoms with Gasteiger partial charge in [-0.05, 0) is 98.8 Å². The fraction of sp³-hybridized carbons (Fsp3) is 0.552. The minimum atomic E-state index is -0.826. The van der Waals surface area contributed by atoms with Crippen molar-refractivity contribution in [2.75, 3.05) is 0 Å². The van der Waals surface area contributed by atoms with Gasteiger partial charge >= 0.3 is 37.9 Å². The monoisotopic (exact) mass is 589 g/mol. The third-order valence-electron chi connectivity index (χ3n) is 8.70. The summed E-state index contributed by atoms with van der Waals surface area (Å²) in [5.74, 6) is 4.61. The van der Waals surface area contributed by atoms with E-state index in [1.807, 2.05) is 42.6 Å². The zero-order valence-corrected chi connectivity index (χ0v) is 24.2. The first-order valence-electron chi connectivity index (χ1n) is 13.2. The fourth-order valence-electron chi connectivity index (χ4n) is 7.67. The first-order chi connectivity index (χ1) is 17.1. The summed E-state index contributed by atoms with van der Waals surface area (Å²) in [6, 6.07) is 14.5. The molecule has 2 aromatic rings. The third kappa shape index (κ3) is 6.02. The van der Waals surface area contributed by atoms with Crippen molar-refractivity contribution in [1.82, 2.24) is 0 Å². The van der Waals surface area contributed by atoms with Gasteiger partial charge in [0.15, 0.2) is 0 Å². The Kier molecular flexibility index (Phi) is 8.63. The van der Waals surface area contributed by atoms with E-state index in [-0.39, 0.29) is 5.41 Å². The molecule has 0 amide bonds. The van der Waals surface area contributed by atoms with Gasteiger partial charge in [0.1, 0.15) is 17.2 Å². The molecular weight excluding hydrogens is 556 g/mol. The molecular formula is C29H35Cl2NO2Zr. The Hall–Kier alpha value is -0.827. The molecule has 35 heavy (non-hydrogen) atoms. The molecule has 5 fully saturated rings. The molecule has 0 saturated heterocycles. The fourth-order valence-corrected chi connectivity index (χ4v) is 7.67. The van der Waals surface area contributed by atoms with Crippen molar-refractivity contribution in [2.24, 2.45) is 22.7 Å². The van der Waals surface area contributed by atoms with Gasteiger partial charge in [-0.3, -0.25) is 4.99 Å².